The summed E-state index contributed by atoms with van der Waals surface area (Å²) in [4.78, 5) is 0. The van der Waals surface area contributed by atoms with Crippen LogP contribution in [0.3, 0.4) is 0 Å². The van der Waals surface area contributed by atoms with Crippen LogP contribution in [-0.2, 0) is 9.47 Å². The fourth-order valence-corrected chi connectivity index (χ4v) is 2.36. The summed E-state index contributed by atoms with van der Waals surface area (Å²) in [7, 11) is 0. The summed E-state index contributed by atoms with van der Waals surface area (Å²) in [6, 6.07) is 0. The largest absolute Gasteiger partial charge is 0.394 e. The van der Waals surface area contributed by atoms with Gasteiger partial charge in [-0.3, -0.25) is 0 Å². The van der Waals surface area contributed by atoms with E-state index < -0.39 is 31.0 Å². The number of aliphatic hydroxyl groups is 3. The molecule has 1 rings (SSSR count). The third kappa shape index (κ3) is 6.89. The van der Waals surface area contributed by atoms with E-state index in [2.05, 4.69) is 19.1 Å². The van der Waals surface area contributed by atoms with Gasteiger partial charge >= 0.3 is 0 Å². The van der Waals surface area contributed by atoms with E-state index in [4.69, 9.17) is 14.6 Å². The highest BCUT2D eigenvalue weighted by Gasteiger charge is 2.40. The van der Waals surface area contributed by atoms with Crippen LogP contribution in [0.2, 0.25) is 0 Å². The van der Waals surface area contributed by atoms with Gasteiger partial charge in [0, 0.05) is 6.61 Å². The summed E-state index contributed by atoms with van der Waals surface area (Å²) in [6.45, 7) is 2.62. The Labute approximate surface area is 127 Å². The van der Waals surface area contributed by atoms with E-state index in [1.54, 1.807) is 0 Å². The summed E-state index contributed by atoms with van der Waals surface area (Å²) in [5.74, 6) is 0. The first-order valence-electron chi connectivity index (χ1n) is 8.05. The molecule has 0 radical (unpaired) electrons. The Hall–Kier alpha value is -0.460. The summed E-state index contributed by atoms with van der Waals surface area (Å²) >= 11 is 0. The lowest BCUT2D eigenvalue weighted by atomic mass is 10.1. The van der Waals surface area contributed by atoms with Crippen LogP contribution in [0.4, 0.5) is 0 Å². The molecule has 0 saturated carbocycles. The SMILES string of the molecule is CCCC/C=C/CCCCO[C@@H]1CO[C@H]([C@@H](O)CO)[C@@H]1O. The molecular formula is C16H30O5. The summed E-state index contributed by atoms with van der Waals surface area (Å²) in [5, 5.41) is 28.3. The van der Waals surface area contributed by atoms with Crippen molar-refractivity contribution in [2.75, 3.05) is 19.8 Å². The smallest absolute Gasteiger partial charge is 0.114 e. The first kappa shape index (κ1) is 18.6. The third-order valence-corrected chi connectivity index (χ3v) is 3.72. The molecule has 0 aromatic heterocycles. The Morgan fingerprint density at radius 3 is 2.62 bits per heavy atom. The van der Waals surface area contributed by atoms with Crippen LogP contribution >= 0.6 is 0 Å². The Kier molecular flexibility index (Phi) is 9.87. The Balaban J connectivity index is 2.04. The van der Waals surface area contributed by atoms with E-state index in [0.29, 0.717) is 6.61 Å². The van der Waals surface area contributed by atoms with Gasteiger partial charge in [0.1, 0.15) is 24.4 Å². The molecule has 21 heavy (non-hydrogen) atoms. The number of allylic oxidation sites excluding steroid dienone is 2. The van der Waals surface area contributed by atoms with Crippen LogP contribution in [0.5, 0.6) is 0 Å². The molecule has 5 nitrogen and oxygen atoms in total. The fourth-order valence-electron chi connectivity index (χ4n) is 2.36. The van der Waals surface area contributed by atoms with Crippen LogP contribution in [0.1, 0.15) is 45.4 Å². The molecule has 0 aromatic rings. The van der Waals surface area contributed by atoms with Gasteiger partial charge in [-0.1, -0.05) is 31.9 Å². The molecule has 1 aliphatic heterocycles. The van der Waals surface area contributed by atoms with Crippen LogP contribution in [0.15, 0.2) is 12.2 Å². The molecule has 1 fully saturated rings. The normalized spacial score (nSPS) is 27.5. The maximum atomic E-state index is 9.94. The van der Waals surface area contributed by atoms with Crippen molar-refractivity contribution in [2.24, 2.45) is 0 Å². The zero-order valence-electron chi connectivity index (χ0n) is 13.0. The van der Waals surface area contributed by atoms with E-state index in [1.165, 1.54) is 12.8 Å². The molecular weight excluding hydrogens is 272 g/mol. The lowest BCUT2D eigenvalue weighted by Gasteiger charge is -2.20. The van der Waals surface area contributed by atoms with Gasteiger partial charge in [-0.2, -0.15) is 0 Å². The molecule has 3 N–H and O–H groups in total. The Morgan fingerprint density at radius 1 is 1.24 bits per heavy atom. The van der Waals surface area contributed by atoms with Gasteiger partial charge in [0.05, 0.1) is 13.2 Å². The second kappa shape index (κ2) is 11.2. The maximum Gasteiger partial charge on any atom is 0.114 e. The topological polar surface area (TPSA) is 79.2 Å². The summed E-state index contributed by atoms with van der Waals surface area (Å²) in [5.41, 5.74) is 0. The maximum absolute atomic E-state index is 9.94. The standard InChI is InChI=1S/C16H30O5/c1-2-3-4-5-6-7-8-9-10-20-14-12-21-16(15(14)19)13(18)11-17/h5-6,13-19H,2-4,7-12H2,1H3/b6-5+/t13-,14+,15+,16+/m0/s1. The lowest BCUT2D eigenvalue weighted by Crippen LogP contribution is -2.41. The lowest BCUT2D eigenvalue weighted by molar-refractivity contribution is -0.0730. The first-order chi connectivity index (χ1) is 10.2. The van der Waals surface area contributed by atoms with Crippen molar-refractivity contribution in [3.8, 4) is 0 Å². The highest BCUT2D eigenvalue weighted by molar-refractivity contribution is 4.88. The number of hydrogen-bond donors (Lipinski definition) is 3. The minimum atomic E-state index is -1.05. The van der Waals surface area contributed by atoms with Gasteiger partial charge in [-0.25, -0.2) is 0 Å². The Bertz CT molecular complexity index is 282. The predicted octanol–water partition coefficient (Wildman–Crippen LogP) is 1.40. The van der Waals surface area contributed by atoms with Gasteiger partial charge in [0.15, 0.2) is 0 Å². The number of ether oxygens (including phenoxy) is 2. The highest BCUT2D eigenvalue weighted by Crippen LogP contribution is 2.20. The van der Waals surface area contributed by atoms with Gasteiger partial charge in [0.25, 0.3) is 0 Å². The zero-order chi connectivity index (χ0) is 15.5. The molecule has 1 saturated heterocycles. The van der Waals surface area contributed by atoms with Gasteiger partial charge in [-0.15, -0.1) is 0 Å². The number of aliphatic hydroxyl groups excluding tert-OH is 3. The quantitative estimate of drug-likeness (QED) is 0.397. The van der Waals surface area contributed by atoms with E-state index >= 15 is 0 Å². The van der Waals surface area contributed by atoms with Crippen molar-refractivity contribution in [2.45, 2.75) is 69.9 Å². The van der Waals surface area contributed by atoms with E-state index in [-0.39, 0.29) is 6.61 Å². The van der Waals surface area contributed by atoms with Gasteiger partial charge in [0.2, 0.25) is 0 Å². The zero-order valence-corrected chi connectivity index (χ0v) is 13.0. The Morgan fingerprint density at radius 2 is 1.95 bits per heavy atom. The van der Waals surface area contributed by atoms with Crippen molar-refractivity contribution >= 4 is 0 Å². The summed E-state index contributed by atoms with van der Waals surface area (Å²) < 4.78 is 10.9. The molecule has 0 aliphatic carbocycles. The molecule has 0 aromatic carbocycles. The van der Waals surface area contributed by atoms with E-state index in [1.807, 2.05) is 0 Å². The highest BCUT2D eigenvalue weighted by atomic mass is 16.6. The molecule has 0 spiro atoms. The second-order valence-electron chi connectivity index (χ2n) is 5.56. The van der Waals surface area contributed by atoms with E-state index in [0.717, 1.165) is 25.7 Å². The minimum Gasteiger partial charge on any atom is -0.394 e. The number of unbranched alkanes of at least 4 members (excludes halogenated alkanes) is 4. The molecule has 1 aliphatic rings. The number of hydrogen-bond acceptors (Lipinski definition) is 5. The molecule has 4 atom stereocenters. The molecule has 0 amide bonds. The van der Waals surface area contributed by atoms with Crippen LogP contribution in [0.25, 0.3) is 0 Å². The molecule has 0 unspecified atom stereocenters. The van der Waals surface area contributed by atoms with Crippen molar-refractivity contribution in [3.05, 3.63) is 12.2 Å². The van der Waals surface area contributed by atoms with Crippen molar-refractivity contribution in [1.29, 1.82) is 0 Å². The second-order valence-corrected chi connectivity index (χ2v) is 5.56. The molecule has 1 heterocycles. The van der Waals surface area contributed by atoms with Crippen LogP contribution < -0.4 is 0 Å². The number of rotatable bonds is 11. The predicted molar refractivity (Wildman–Crippen MR) is 81.1 cm³/mol. The molecule has 124 valence electrons. The van der Waals surface area contributed by atoms with Gasteiger partial charge < -0.3 is 24.8 Å². The van der Waals surface area contributed by atoms with Crippen molar-refractivity contribution < 1.29 is 24.8 Å². The fraction of sp³-hybridized carbons (Fsp3) is 0.875. The van der Waals surface area contributed by atoms with Gasteiger partial charge in [-0.05, 0) is 25.7 Å². The van der Waals surface area contributed by atoms with Crippen molar-refractivity contribution in [1.82, 2.24) is 0 Å². The molecule has 0 bridgehead atoms. The molecule has 5 heteroatoms. The van der Waals surface area contributed by atoms with Crippen LogP contribution in [-0.4, -0.2) is 59.6 Å². The third-order valence-electron chi connectivity index (χ3n) is 3.72. The van der Waals surface area contributed by atoms with Crippen molar-refractivity contribution in [3.63, 3.8) is 0 Å². The summed E-state index contributed by atoms with van der Waals surface area (Å²) in [6.07, 6.45) is 8.08. The van der Waals surface area contributed by atoms with E-state index in [9.17, 15) is 10.2 Å². The minimum absolute atomic E-state index is 0.264. The average molecular weight is 302 g/mol. The van der Waals surface area contributed by atoms with Crippen LogP contribution in [0, 0.1) is 0 Å². The monoisotopic (exact) mass is 302 g/mol. The average Bonchev–Trinajstić information content (AvgIpc) is 2.86. The first-order valence-corrected chi connectivity index (χ1v) is 8.05.